The van der Waals surface area contributed by atoms with E-state index in [1.807, 2.05) is 0 Å². The van der Waals surface area contributed by atoms with E-state index >= 15 is 0 Å². The number of hydrogen-bond donors (Lipinski definition) is 0. The zero-order valence-electron chi connectivity index (χ0n) is 12.3. The summed E-state index contributed by atoms with van der Waals surface area (Å²) in [4.78, 5) is 4.37. The van der Waals surface area contributed by atoms with Crippen molar-refractivity contribution in [1.82, 2.24) is 9.80 Å². The number of fused-ring (bicyclic) bond motifs is 1. The summed E-state index contributed by atoms with van der Waals surface area (Å²) in [7, 11) is 2.05. The zero-order chi connectivity index (χ0) is 15.0. The van der Waals surface area contributed by atoms with Gasteiger partial charge in [-0.05, 0) is 49.1 Å². The van der Waals surface area contributed by atoms with Gasteiger partial charge in [-0.3, -0.25) is 4.90 Å². The molecule has 5 heteroatoms. The van der Waals surface area contributed by atoms with Crippen LogP contribution in [0.5, 0.6) is 0 Å². The van der Waals surface area contributed by atoms with E-state index in [-0.39, 0.29) is 0 Å². The average Bonchev–Trinajstić information content (AvgIpc) is 2.89. The molecule has 0 aromatic heterocycles. The van der Waals surface area contributed by atoms with E-state index < -0.39 is 11.7 Å². The first kappa shape index (κ1) is 14.9. The second-order valence-electron chi connectivity index (χ2n) is 6.16. The van der Waals surface area contributed by atoms with Gasteiger partial charge in [-0.15, -0.1) is 0 Å². The fourth-order valence-electron chi connectivity index (χ4n) is 3.42. The van der Waals surface area contributed by atoms with Crippen LogP contribution in [0, 0.1) is 0 Å². The van der Waals surface area contributed by atoms with Crippen molar-refractivity contribution >= 4 is 0 Å². The van der Waals surface area contributed by atoms with Crippen LogP contribution < -0.4 is 0 Å². The third-order valence-corrected chi connectivity index (χ3v) is 4.68. The molecule has 1 heterocycles. The molecule has 2 aliphatic rings. The van der Waals surface area contributed by atoms with Gasteiger partial charge in [0.1, 0.15) is 0 Å². The van der Waals surface area contributed by atoms with E-state index in [0.717, 1.165) is 56.6 Å². The number of piperazine rings is 1. The highest BCUT2D eigenvalue weighted by molar-refractivity contribution is 5.45. The largest absolute Gasteiger partial charge is 0.416 e. The predicted octanol–water partition coefficient (Wildman–Crippen LogP) is 2.94. The smallest absolute Gasteiger partial charge is 0.304 e. The molecule has 1 saturated heterocycles. The molecule has 1 fully saturated rings. The van der Waals surface area contributed by atoms with Crippen LogP contribution in [0.25, 0.3) is 0 Å². The van der Waals surface area contributed by atoms with Crippen molar-refractivity contribution in [3.63, 3.8) is 0 Å². The molecule has 0 unspecified atom stereocenters. The molecule has 0 radical (unpaired) electrons. The molecular weight excluding hydrogens is 277 g/mol. The van der Waals surface area contributed by atoms with Gasteiger partial charge >= 0.3 is 6.18 Å². The predicted molar refractivity (Wildman–Crippen MR) is 76.2 cm³/mol. The van der Waals surface area contributed by atoms with Gasteiger partial charge in [0.05, 0.1) is 5.56 Å². The first-order chi connectivity index (χ1) is 9.95. The summed E-state index contributed by atoms with van der Waals surface area (Å²) in [6.45, 7) is 3.98. The minimum atomic E-state index is -4.25. The van der Waals surface area contributed by atoms with Crippen LogP contribution in [0.2, 0.25) is 0 Å². The van der Waals surface area contributed by atoms with E-state index in [1.165, 1.54) is 6.07 Å². The first-order valence-electron chi connectivity index (χ1n) is 7.57. The van der Waals surface area contributed by atoms with Crippen LogP contribution in [0.4, 0.5) is 13.2 Å². The van der Waals surface area contributed by atoms with Crippen LogP contribution >= 0.6 is 0 Å². The highest BCUT2D eigenvalue weighted by atomic mass is 19.4. The van der Waals surface area contributed by atoms with Crippen LogP contribution in [0.15, 0.2) is 12.1 Å². The molecule has 0 N–H and O–H groups in total. The van der Waals surface area contributed by atoms with Gasteiger partial charge in [0.15, 0.2) is 0 Å². The number of nitrogens with zero attached hydrogens (tertiary/aromatic N) is 2. The summed E-state index contributed by atoms with van der Waals surface area (Å²) < 4.78 is 39.9. The fraction of sp³-hybridized carbons (Fsp3) is 0.625. The Kier molecular flexibility index (Phi) is 3.97. The Balaban J connectivity index is 1.90. The van der Waals surface area contributed by atoms with Crippen molar-refractivity contribution < 1.29 is 13.2 Å². The van der Waals surface area contributed by atoms with Crippen LogP contribution in [-0.4, -0.2) is 43.0 Å². The van der Waals surface area contributed by atoms with E-state index in [9.17, 15) is 13.2 Å². The molecule has 0 saturated carbocycles. The monoisotopic (exact) mass is 298 g/mol. The molecular formula is C16H21F3N2. The molecule has 21 heavy (non-hydrogen) atoms. The van der Waals surface area contributed by atoms with Crippen LogP contribution in [0.3, 0.4) is 0 Å². The normalized spacial score (nSPS) is 20.8. The fourth-order valence-corrected chi connectivity index (χ4v) is 3.42. The Morgan fingerprint density at radius 1 is 1.05 bits per heavy atom. The van der Waals surface area contributed by atoms with Crippen molar-refractivity contribution in [3.8, 4) is 0 Å². The molecule has 0 spiro atoms. The Bertz CT molecular complexity index is 517. The first-order valence-corrected chi connectivity index (χ1v) is 7.57. The summed E-state index contributed by atoms with van der Waals surface area (Å²) in [5, 5.41) is 0. The lowest BCUT2D eigenvalue weighted by Gasteiger charge is -2.33. The number of aryl methyl sites for hydroxylation is 1. The number of hydrogen-bond acceptors (Lipinski definition) is 2. The third-order valence-electron chi connectivity index (χ3n) is 4.68. The molecule has 1 aromatic rings. The summed E-state index contributed by atoms with van der Waals surface area (Å²) in [5.41, 5.74) is 2.18. The zero-order valence-corrected chi connectivity index (χ0v) is 12.3. The van der Waals surface area contributed by atoms with Crippen molar-refractivity contribution in [2.75, 3.05) is 33.2 Å². The standard InChI is InChI=1S/C16H21F3N2/c1-20-7-9-21(10-8-20)11-14-13-4-2-3-12(13)5-6-15(14)16(17,18)19/h5-6H,2-4,7-11H2,1H3. The van der Waals surface area contributed by atoms with Crippen LogP contribution in [0.1, 0.15) is 28.7 Å². The van der Waals surface area contributed by atoms with Crippen molar-refractivity contribution in [2.24, 2.45) is 0 Å². The van der Waals surface area contributed by atoms with Gasteiger partial charge < -0.3 is 4.90 Å². The van der Waals surface area contributed by atoms with Crippen LogP contribution in [-0.2, 0) is 25.6 Å². The lowest BCUT2D eigenvalue weighted by molar-refractivity contribution is -0.138. The molecule has 3 rings (SSSR count). The number of benzene rings is 1. The maximum Gasteiger partial charge on any atom is 0.416 e. The summed E-state index contributed by atoms with van der Waals surface area (Å²) in [5.74, 6) is 0. The topological polar surface area (TPSA) is 6.48 Å². The van der Waals surface area contributed by atoms with Crippen molar-refractivity contribution in [2.45, 2.75) is 32.0 Å². The van der Waals surface area contributed by atoms with Gasteiger partial charge in [-0.25, -0.2) is 0 Å². The average molecular weight is 298 g/mol. The number of halogens is 3. The van der Waals surface area contributed by atoms with E-state index in [4.69, 9.17) is 0 Å². The van der Waals surface area contributed by atoms with Gasteiger partial charge in [0.25, 0.3) is 0 Å². The van der Waals surface area contributed by atoms with Gasteiger partial charge in [0, 0.05) is 32.7 Å². The minimum Gasteiger partial charge on any atom is -0.304 e. The van der Waals surface area contributed by atoms with Gasteiger partial charge in [-0.2, -0.15) is 13.2 Å². The maximum atomic E-state index is 13.3. The van der Waals surface area contributed by atoms with Crippen molar-refractivity contribution in [1.29, 1.82) is 0 Å². The van der Waals surface area contributed by atoms with E-state index in [2.05, 4.69) is 16.8 Å². The van der Waals surface area contributed by atoms with Gasteiger partial charge in [-0.1, -0.05) is 6.07 Å². The molecule has 0 atom stereocenters. The summed E-state index contributed by atoms with van der Waals surface area (Å²) in [6.07, 6.45) is -1.56. The summed E-state index contributed by atoms with van der Waals surface area (Å²) in [6, 6.07) is 2.97. The lowest BCUT2D eigenvalue weighted by Crippen LogP contribution is -2.44. The molecule has 2 nitrogen and oxygen atoms in total. The highest BCUT2D eigenvalue weighted by Crippen LogP contribution is 2.38. The van der Waals surface area contributed by atoms with Gasteiger partial charge in [0.2, 0.25) is 0 Å². The second-order valence-corrected chi connectivity index (χ2v) is 6.16. The molecule has 0 amide bonds. The highest BCUT2D eigenvalue weighted by Gasteiger charge is 2.36. The lowest BCUT2D eigenvalue weighted by atomic mass is 9.96. The number of rotatable bonds is 2. The quantitative estimate of drug-likeness (QED) is 0.828. The molecule has 116 valence electrons. The molecule has 1 aliphatic carbocycles. The molecule has 1 aliphatic heterocycles. The summed E-state index contributed by atoms with van der Waals surface area (Å²) >= 11 is 0. The number of likely N-dealkylation sites (N-methyl/N-ethyl adjacent to an activating group) is 1. The van der Waals surface area contributed by atoms with E-state index in [1.54, 1.807) is 6.07 Å². The Hall–Kier alpha value is -1.07. The SMILES string of the molecule is CN1CCN(Cc2c(C(F)(F)F)ccc3c2CCC3)CC1. The third kappa shape index (κ3) is 3.09. The Morgan fingerprint density at radius 3 is 2.43 bits per heavy atom. The van der Waals surface area contributed by atoms with E-state index in [0.29, 0.717) is 12.1 Å². The van der Waals surface area contributed by atoms with Crippen molar-refractivity contribution in [3.05, 3.63) is 34.4 Å². The second kappa shape index (κ2) is 5.61. The molecule has 0 bridgehead atoms. The minimum absolute atomic E-state index is 0.429. The number of alkyl halides is 3. The maximum absolute atomic E-state index is 13.3. The Morgan fingerprint density at radius 2 is 1.76 bits per heavy atom. The molecule has 1 aromatic carbocycles. The Labute approximate surface area is 123 Å².